The minimum atomic E-state index is -4.77. The van der Waals surface area contributed by atoms with E-state index in [0.29, 0.717) is 24.3 Å². The Balaban J connectivity index is 1.66. The molecule has 1 aromatic carbocycles. The van der Waals surface area contributed by atoms with Crippen molar-refractivity contribution >= 4 is 22.6 Å². The molecule has 1 aliphatic rings. The summed E-state index contributed by atoms with van der Waals surface area (Å²) in [4.78, 5) is 37.3. The number of ether oxygens (including phenoxy) is 2. The largest absolute Gasteiger partial charge is 0.495 e. The lowest BCUT2D eigenvalue weighted by molar-refractivity contribution is -0.141. The Bertz CT molecular complexity index is 1380. The van der Waals surface area contributed by atoms with Gasteiger partial charge in [0.25, 0.3) is 11.5 Å². The predicted octanol–water partition coefficient (Wildman–Crippen LogP) is 4.08. The third kappa shape index (κ3) is 5.53. The number of pyridine rings is 1. The average Bonchev–Trinajstić information content (AvgIpc) is 2.81. The van der Waals surface area contributed by atoms with Crippen molar-refractivity contribution in [2.45, 2.75) is 52.1 Å². The summed E-state index contributed by atoms with van der Waals surface area (Å²) in [6.45, 7) is 7.67. The van der Waals surface area contributed by atoms with Crippen LogP contribution in [-0.4, -0.2) is 58.2 Å². The maximum absolute atomic E-state index is 13.9. The van der Waals surface area contributed by atoms with Gasteiger partial charge in [-0.05, 0) is 52.0 Å². The second-order valence-electron chi connectivity index (χ2n) is 9.20. The van der Waals surface area contributed by atoms with Gasteiger partial charge in [0.2, 0.25) is 0 Å². The number of aromatic nitrogens is 3. The zero-order valence-corrected chi connectivity index (χ0v) is 21.1. The number of methoxy groups -OCH3 is 1. The number of halogens is 3. The molecule has 4 rings (SSSR count). The van der Waals surface area contributed by atoms with Gasteiger partial charge in [-0.25, -0.2) is 9.97 Å². The van der Waals surface area contributed by atoms with Crippen molar-refractivity contribution in [2.75, 3.05) is 25.5 Å². The fourth-order valence-electron chi connectivity index (χ4n) is 4.53. The third-order valence-corrected chi connectivity index (χ3v) is 6.11. The van der Waals surface area contributed by atoms with Crippen LogP contribution in [0.3, 0.4) is 0 Å². The number of benzene rings is 1. The number of carbonyl (C=O) groups excluding carboxylic acids is 1. The molecule has 12 heteroatoms. The van der Waals surface area contributed by atoms with E-state index in [9.17, 15) is 22.8 Å². The van der Waals surface area contributed by atoms with E-state index >= 15 is 0 Å². The summed E-state index contributed by atoms with van der Waals surface area (Å²) in [6, 6.07) is 4.94. The first-order valence-corrected chi connectivity index (χ1v) is 11.8. The summed E-state index contributed by atoms with van der Waals surface area (Å²) in [7, 11) is 1.41. The Morgan fingerprint density at radius 1 is 1.22 bits per heavy atom. The number of alkyl halides is 3. The summed E-state index contributed by atoms with van der Waals surface area (Å²) in [5, 5.41) is 2.95. The van der Waals surface area contributed by atoms with Crippen molar-refractivity contribution in [1.82, 2.24) is 19.9 Å². The van der Waals surface area contributed by atoms with E-state index in [1.165, 1.54) is 21.0 Å². The number of carbonyl (C=O) groups is 1. The Labute approximate surface area is 211 Å². The second-order valence-corrected chi connectivity index (χ2v) is 9.20. The van der Waals surface area contributed by atoms with Crippen LogP contribution in [0.1, 0.15) is 54.3 Å². The number of anilines is 1. The molecule has 2 aromatic heterocycles. The molecule has 1 fully saturated rings. The van der Waals surface area contributed by atoms with Gasteiger partial charge in [0, 0.05) is 24.2 Å². The minimum Gasteiger partial charge on any atom is -0.495 e. The molecule has 3 unspecified atom stereocenters. The van der Waals surface area contributed by atoms with Crippen LogP contribution in [0, 0.1) is 6.92 Å². The summed E-state index contributed by atoms with van der Waals surface area (Å²) in [5.41, 5.74) is -1.47. The molecule has 1 amide bonds. The lowest BCUT2D eigenvalue weighted by atomic mass is 10.0. The first-order chi connectivity index (χ1) is 17.4. The fraction of sp³-hybridized carbons (Fsp3) is 0.440. The number of aryl methyl sites for hydroxylation is 1. The number of aromatic amines is 1. The van der Waals surface area contributed by atoms with Gasteiger partial charge in [-0.1, -0.05) is 0 Å². The minimum absolute atomic E-state index is 0.0517. The molecule has 3 heterocycles. The molecule has 2 N–H and O–H groups in total. The molecule has 37 heavy (non-hydrogen) atoms. The van der Waals surface area contributed by atoms with Gasteiger partial charge in [0.1, 0.15) is 11.6 Å². The average molecular weight is 520 g/mol. The van der Waals surface area contributed by atoms with Gasteiger partial charge in [-0.2, -0.15) is 13.2 Å². The number of H-pyrrole nitrogens is 1. The van der Waals surface area contributed by atoms with Crippen molar-refractivity contribution in [3.63, 3.8) is 0 Å². The Morgan fingerprint density at radius 3 is 2.51 bits per heavy atom. The Morgan fingerprint density at radius 2 is 1.89 bits per heavy atom. The van der Waals surface area contributed by atoms with Crippen LogP contribution in [-0.2, 0) is 10.9 Å². The molecule has 0 spiro atoms. The van der Waals surface area contributed by atoms with Crippen molar-refractivity contribution < 1.29 is 27.4 Å². The SMILES string of the molecule is COc1cc(C(=O)N2CC(C)OC(C)C2)ccc1NC(C)c1cc2c(=O)[nH]c(C)nc2nc1C(F)(F)F. The smallest absolute Gasteiger partial charge is 0.433 e. The molecule has 3 atom stereocenters. The van der Waals surface area contributed by atoms with Crippen LogP contribution >= 0.6 is 0 Å². The highest BCUT2D eigenvalue weighted by molar-refractivity contribution is 5.95. The van der Waals surface area contributed by atoms with Crippen LogP contribution in [0.15, 0.2) is 29.1 Å². The molecule has 1 aliphatic heterocycles. The predicted molar refractivity (Wildman–Crippen MR) is 131 cm³/mol. The lowest BCUT2D eigenvalue weighted by Crippen LogP contribution is -2.48. The monoisotopic (exact) mass is 519 g/mol. The third-order valence-electron chi connectivity index (χ3n) is 6.11. The topological polar surface area (TPSA) is 109 Å². The Kier molecular flexibility index (Phi) is 7.13. The number of hydrogen-bond donors (Lipinski definition) is 2. The summed E-state index contributed by atoms with van der Waals surface area (Å²) >= 11 is 0. The van der Waals surface area contributed by atoms with Gasteiger partial charge < -0.3 is 24.7 Å². The van der Waals surface area contributed by atoms with Crippen LogP contribution in [0.2, 0.25) is 0 Å². The zero-order chi connectivity index (χ0) is 27.1. The summed E-state index contributed by atoms with van der Waals surface area (Å²) in [5.74, 6) is 0.252. The zero-order valence-electron chi connectivity index (χ0n) is 21.1. The number of hydrogen-bond acceptors (Lipinski definition) is 7. The fourth-order valence-corrected chi connectivity index (χ4v) is 4.53. The van der Waals surface area contributed by atoms with Crippen molar-refractivity contribution in [3.8, 4) is 5.75 Å². The highest BCUT2D eigenvalue weighted by atomic mass is 19.4. The standard InChI is InChI=1S/C25H28F3N5O4/c1-12-10-33(11-13(2)37-12)24(35)16-6-7-19(20(8-16)36-5)29-14(3)17-9-18-22(30-15(4)31-23(18)34)32-21(17)25(26,27)28/h6-9,12-14,29H,10-11H2,1-5H3,(H,30,31,32,34). The molecule has 0 bridgehead atoms. The molecule has 0 saturated carbocycles. The summed E-state index contributed by atoms with van der Waals surface area (Å²) < 4.78 is 52.9. The molecule has 0 aliphatic carbocycles. The lowest BCUT2D eigenvalue weighted by Gasteiger charge is -2.35. The van der Waals surface area contributed by atoms with E-state index < -0.39 is 23.5 Å². The molecule has 198 valence electrons. The number of fused-ring (bicyclic) bond motifs is 1. The van der Waals surface area contributed by atoms with Gasteiger partial charge in [-0.15, -0.1) is 0 Å². The molecular formula is C25H28F3N5O4. The Hall–Kier alpha value is -3.67. The van der Waals surface area contributed by atoms with Gasteiger partial charge >= 0.3 is 6.18 Å². The highest BCUT2D eigenvalue weighted by Crippen LogP contribution is 2.37. The van der Waals surface area contributed by atoms with E-state index in [1.54, 1.807) is 23.1 Å². The van der Waals surface area contributed by atoms with E-state index in [0.717, 1.165) is 6.07 Å². The number of amides is 1. The van der Waals surface area contributed by atoms with Crippen LogP contribution in [0.25, 0.3) is 11.0 Å². The molecular weight excluding hydrogens is 491 g/mol. The van der Waals surface area contributed by atoms with Crippen LogP contribution in [0.4, 0.5) is 18.9 Å². The van der Waals surface area contributed by atoms with Gasteiger partial charge in [0.15, 0.2) is 11.3 Å². The second kappa shape index (κ2) is 10.0. The molecule has 0 radical (unpaired) electrons. The number of morpholine rings is 1. The van der Waals surface area contributed by atoms with Crippen LogP contribution < -0.4 is 15.6 Å². The molecule has 1 saturated heterocycles. The highest BCUT2D eigenvalue weighted by Gasteiger charge is 2.37. The first kappa shape index (κ1) is 26.4. The molecule has 9 nitrogen and oxygen atoms in total. The summed E-state index contributed by atoms with van der Waals surface area (Å²) in [6.07, 6.45) is -4.97. The van der Waals surface area contributed by atoms with E-state index in [1.807, 2.05) is 13.8 Å². The van der Waals surface area contributed by atoms with E-state index in [2.05, 4.69) is 20.3 Å². The number of nitrogens with one attached hydrogen (secondary N) is 2. The van der Waals surface area contributed by atoms with E-state index in [4.69, 9.17) is 9.47 Å². The quantitative estimate of drug-likeness (QED) is 0.523. The number of nitrogens with zero attached hydrogens (tertiary/aromatic N) is 3. The van der Waals surface area contributed by atoms with Crippen molar-refractivity contribution in [1.29, 1.82) is 0 Å². The van der Waals surface area contributed by atoms with E-state index in [-0.39, 0.29) is 46.3 Å². The maximum atomic E-state index is 13.9. The number of rotatable bonds is 5. The molecule has 3 aromatic rings. The first-order valence-electron chi connectivity index (χ1n) is 11.8. The van der Waals surface area contributed by atoms with Gasteiger partial charge in [0.05, 0.1) is 36.4 Å². The normalized spacial score (nSPS) is 19.1. The van der Waals surface area contributed by atoms with Crippen molar-refractivity contribution in [2.24, 2.45) is 0 Å². The van der Waals surface area contributed by atoms with Crippen molar-refractivity contribution in [3.05, 3.63) is 57.3 Å². The van der Waals surface area contributed by atoms with Crippen LogP contribution in [0.5, 0.6) is 5.75 Å². The van der Waals surface area contributed by atoms with Gasteiger partial charge in [-0.3, -0.25) is 9.59 Å². The maximum Gasteiger partial charge on any atom is 0.433 e.